The molecular weight excluding hydrogens is 304 g/mol. The van der Waals surface area contributed by atoms with Gasteiger partial charge < -0.3 is 14.8 Å². The van der Waals surface area contributed by atoms with Gasteiger partial charge in [0.2, 0.25) is 11.8 Å². The van der Waals surface area contributed by atoms with Crippen LogP contribution in [0.3, 0.4) is 0 Å². The molecule has 0 fully saturated rings. The molecule has 0 spiro atoms. The number of carbonyl (C=O) groups is 1. The quantitative estimate of drug-likeness (QED) is 0.718. The van der Waals surface area contributed by atoms with E-state index in [1.807, 2.05) is 50.2 Å². The van der Waals surface area contributed by atoms with Crippen molar-refractivity contribution in [3.05, 3.63) is 53.7 Å². The van der Waals surface area contributed by atoms with E-state index >= 15 is 0 Å². The van der Waals surface area contributed by atoms with Gasteiger partial charge in [0.05, 0.1) is 13.2 Å². The fourth-order valence-electron chi connectivity index (χ4n) is 2.24. The van der Waals surface area contributed by atoms with Crippen LogP contribution in [0.15, 0.2) is 42.6 Å². The van der Waals surface area contributed by atoms with Crippen molar-refractivity contribution in [2.45, 2.75) is 33.2 Å². The van der Waals surface area contributed by atoms with E-state index in [1.54, 1.807) is 6.20 Å². The minimum Gasteiger partial charge on any atom is -0.493 e. The maximum atomic E-state index is 11.9. The van der Waals surface area contributed by atoms with Crippen molar-refractivity contribution < 1.29 is 14.3 Å². The van der Waals surface area contributed by atoms with Crippen LogP contribution < -0.4 is 14.8 Å². The van der Waals surface area contributed by atoms with Crippen molar-refractivity contribution in [1.82, 2.24) is 10.3 Å². The fraction of sp³-hybridized carbons (Fsp3) is 0.368. The highest BCUT2D eigenvalue weighted by molar-refractivity contribution is 5.75. The van der Waals surface area contributed by atoms with Crippen molar-refractivity contribution >= 4 is 5.91 Å². The minimum atomic E-state index is -0.00492. The maximum Gasteiger partial charge on any atom is 0.220 e. The van der Waals surface area contributed by atoms with Gasteiger partial charge in [0.25, 0.3) is 0 Å². The van der Waals surface area contributed by atoms with Gasteiger partial charge in [0.15, 0.2) is 0 Å². The molecule has 1 amide bonds. The normalized spacial score (nSPS) is 10.2. The second-order valence-electron chi connectivity index (χ2n) is 5.39. The first kappa shape index (κ1) is 17.8. The molecule has 0 aliphatic heterocycles. The predicted molar refractivity (Wildman–Crippen MR) is 93.2 cm³/mol. The molecule has 0 unspecified atom stereocenters. The van der Waals surface area contributed by atoms with Crippen molar-refractivity contribution in [3.8, 4) is 11.6 Å². The summed E-state index contributed by atoms with van der Waals surface area (Å²) in [5, 5.41) is 2.89. The van der Waals surface area contributed by atoms with E-state index in [1.165, 1.54) is 0 Å². The molecule has 0 saturated carbocycles. The van der Waals surface area contributed by atoms with E-state index in [9.17, 15) is 4.79 Å². The van der Waals surface area contributed by atoms with Crippen LogP contribution in [0.1, 0.15) is 30.9 Å². The van der Waals surface area contributed by atoms with Crippen LogP contribution in [-0.4, -0.2) is 24.1 Å². The molecular formula is C19H24N2O3. The number of nitrogens with one attached hydrogen (secondary N) is 1. The molecule has 5 heteroatoms. The number of pyridine rings is 1. The van der Waals surface area contributed by atoms with E-state index in [0.717, 1.165) is 16.9 Å². The van der Waals surface area contributed by atoms with E-state index in [-0.39, 0.29) is 5.91 Å². The Morgan fingerprint density at radius 1 is 1.17 bits per heavy atom. The Bertz CT molecular complexity index is 659. The lowest BCUT2D eigenvalue weighted by Crippen LogP contribution is -2.23. The van der Waals surface area contributed by atoms with Crippen molar-refractivity contribution in [2.75, 3.05) is 13.2 Å². The standard InChI is InChI=1S/C19H24N2O3/c1-3-23-19-16(9-6-12-20-19)14-21-18(22)11-7-13-24-17-10-5-4-8-15(17)2/h4-6,8-10,12H,3,7,11,13-14H2,1-2H3,(H,21,22). The molecule has 24 heavy (non-hydrogen) atoms. The summed E-state index contributed by atoms with van der Waals surface area (Å²) in [6, 6.07) is 11.6. The van der Waals surface area contributed by atoms with E-state index in [2.05, 4.69) is 10.3 Å². The Morgan fingerprint density at radius 3 is 2.79 bits per heavy atom. The van der Waals surface area contributed by atoms with Crippen LogP contribution in [0.25, 0.3) is 0 Å². The average Bonchev–Trinajstić information content (AvgIpc) is 2.59. The van der Waals surface area contributed by atoms with Crippen LogP contribution in [-0.2, 0) is 11.3 Å². The highest BCUT2D eigenvalue weighted by Gasteiger charge is 2.07. The summed E-state index contributed by atoms with van der Waals surface area (Å²) in [7, 11) is 0. The number of benzene rings is 1. The lowest BCUT2D eigenvalue weighted by atomic mass is 10.2. The van der Waals surface area contributed by atoms with Crippen molar-refractivity contribution in [2.24, 2.45) is 0 Å². The number of aryl methyl sites for hydroxylation is 1. The zero-order valence-electron chi connectivity index (χ0n) is 14.2. The first-order valence-corrected chi connectivity index (χ1v) is 8.22. The van der Waals surface area contributed by atoms with Crippen molar-refractivity contribution in [3.63, 3.8) is 0 Å². The first-order valence-electron chi connectivity index (χ1n) is 8.22. The van der Waals surface area contributed by atoms with Crippen LogP contribution in [0.2, 0.25) is 0 Å². The summed E-state index contributed by atoms with van der Waals surface area (Å²) in [5.74, 6) is 1.44. The second kappa shape index (κ2) is 9.55. The molecule has 2 aromatic rings. The number of ether oxygens (including phenoxy) is 2. The van der Waals surface area contributed by atoms with Crippen molar-refractivity contribution in [1.29, 1.82) is 0 Å². The van der Waals surface area contributed by atoms with E-state index in [0.29, 0.717) is 38.5 Å². The number of nitrogens with zero attached hydrogens (tertiary/aromatic N) is 1. The Morgan fingerprint density at radius 2 is 2.00 bits per heavy atom. The van der Waals surface area contributed by atoms with Crippen LogP contribution >= 0.6 is 0 Å². The molecule has 0 radical (unpaired) electrons. The summed E-state index contributed by atoms with van der Waals surface area (Å²) in [4.78, 5) is 16.1. The molecule has 0 bridgehead atoms. The van der Waals surface area contributed by atoms with Crippen LogP contribution in [0, 0.1) is 6.92 Å². The molecule has 1 aromatic heterocycles. The largest absolute Gasteiger partial charge is 0.493 e. The summed E-state index contributed by atoms with van der Waals surface area (Å²) in [5.41, 5.74) is 1.98. The SMILES string of the molecule is CCOc1ncccc1CNC(=O)CCCOc1ccccc1C. The first-order chi connectivity index (χ1) is 11.7. The van der Waals surface area contributed by atoms with Gasteiger partial charge in [-0.25, -0.2) is 4.98 Å². The summed E-state index contributed by atoms with van der Waals surface area (Å²) >= 11 is 0. The third-order valence-corrected chi connectivity index (χ3v) is 3.51. The Balaban J connectivity index is 1.69. The van der Waals surface area contributed by atoms with Gasteiger partial charge in [-0.3, -0.25) is 4.79 Å². The smallest absolute Gasteiger partial charge is 0.220 e. The average molecular weight is 328 g/mol. The molecule has 5 nitrogen and oxygen atoms in total. The summed E-state index contributed by atoms with van der Waals surface area (Å²) < 4.78 is 11.1. The number of hydrogen-bond donors (Lipinski definition) is 1. The molecule has 1 aromatic carbocycles. The van der Waals surface area contributed by atoms with E-state index < -0.39 is 0 Å². The Kier molecular flexibility index (Phi) is 7.08. The second-order valence-corrected chi connectivity index (χ2v) is 5.39. The lowest BCUT2D eigenvalue weighted by Gasteiger charge is -2.10. The van der Waals surface area contributed by atoms with Gasteiger partial charge in [-0.1, -0.05) is 24.3 Å². The zero-order chi connectivity index (χ0) is 17.2. The monoisotopic (exact) mass is 328 g/mol. The maximum absolute atomic E-state index is 11.9. The summed E-state index contributed by atoms with van der Waals surface area (Å²) in [6.07, 6.45) is 2.78. The number of rotatable bonds is 9. The third kappa shape index (κ3) is 5.57. The number of carbonyl (C=O) groups excluding carboxylic acids is 1. The molecule has 0 aliphatic rings. The number of hydrogen-bond acceptors (Lipinski definition) is 4. The highest BCUT2D eigenvalue weighted by Crippen LogP contribution is 2.16. The van der Waals surface area contributed by atoms with Gasteiger partial charge in [-0.2, -0.15) is 0 Å². The zero-order valence-corrected chi connectivity index (χ0v) is 14.2. The van der Waals surface area contributed by atoms with E-state index in [4.69, 9.17) is 9.47 Å². The predicted octanol–water partition coefficient (Wildman–Crippen LogP) is 3.26. The lowest BCUT2D eigenvalue weighted by molar-refractivity contribution is -0.121. The minimum absolute atomic E-state index is 0.00492. The number of para-hydroxylation sites is 1. The molecule has 1 N–H and O–H groups in total. The molecule has 1 heterocycles. The van der Waals surface area contributed by atoms with Gasteiger partial charge in [0, 0.05) is 24.7 Å². The highest BCUT2D eigenvalue weighted by atomic mass is 16.5. The molecule has 0 atom stereocenters. The Hall–Kier alpha value is -2.56. The topological polar surface area (TPSA) is 60.5 Å². The fourth-order valence-corrected chi connectivity index (χ4v) is 2.24. The van der Waals surface area contributed by atoms with Crippen LogP contribution in [0.4, 0.5) is 0 Å². The van der Waals surface area contributed by atoms with Crippen LogP contribution in [0.5, 0.6) is 11.6 Å². The molecule has 0 aliphatic carbocycles. The van der Waals surface area contributed by atoms with Gasteiger partial charge in [-0.05, 0) is 38.0 Å². The number of aromatic nitrogens is 1. The molecule has 128 valence electrons. The van der Waals surface area contributed by atoms with Gasteiger partial charge in [0.1, 0.15) is 5.75 Å². The molecule has 2 rings (SSSR count). The van der Waals surface area contributed by atoms with Gasteiger partial charge in [-0.15, -0.1) is 0 Å². The molecule has 0 saturated heterocycles. The Labute approximate surface area is 143 Å². The number of amides is 1. The third-order valence-electron chi connectivity index (χ3n) is 3.51. The summed E-state index contributed by atoms with van der Waals surface area (Å²) in [6.45, 7) is 5.40. The van der Waals surface area contributed by atoms with Gasteiger partial charge >= 0.3 is 0 Å².